The van der Waals surface area contributed by atoms with E-state index in [4.69, 9.17) is 22.2 Å². The topological polar surface area (TPSA) is 47.3 Å². The lowest BCUT2D eigenvalue weighted by atomic mass is 9.98. The first-order chi connectivity index (χ1) is 10.0. The van der Waals surface area contributed by atoms with E-state index in [-0.39, 0.29) is 6.04 Å². The van der Waals surface area contributed by atoms with E-state index in [2.05, 4.69) is 46.5 Å². The maximum absolute atomic E-state index is 6.08. The fourth-order valence-corrected chi connectivity index (χ4v) is 3.26. The molecular weight excluding hydrogens is 352 g/mol. The number of hydrogen-bond acceptors (Lipinski definition) is 3. The first kappa shape index (κ1) is 16.3. The van der Waals surface area contributed by atoms with E-state index in [0.29, 0.717) is 11.4 Å². The van der Waals surface area contributed by atoms with Gasteiger partial charge in [-0.05, 0) is 54.3 Å². The Morgan fingerprint density at radius 2 is 2.05 bits per heavy atom. The molecule has 1 unspecified atom stereocenters. The number of halogens is 2. The van der Waals surface area contributed by atoms with Gasteiger partial charge in [-0.2, -0.15) is 0 Å². The number of methoxy groups -OCH3 is 1. The third kappa shape index (κ3) is 3.98. The maximum atomic E-state index is 6.08. The van der Waals surface area contributed by atoms with Gasteiger partial charge < -0.3 is 4.74 Å². The molecule has 0 amide bonds. The van der Waals surface area contributed by atoms with Crippen LogP contribution < -0.4 is 16.0 Å². The standard InChI is InChI=1S/C16H18BrClN2O/c1-10-3-5-13(14(17)7-10)15(20-19)9-11-8-12(18)4-6-16(11)21-2/h3-8,15,20H,9,19H2,1-2H3. The minimum Gasteiger partial charge on any atom is -0.496 e. The van der Waals surface area contributed by atoms with Crippen LogP contribution in [-0.2, 0) is 6.42 Å². The van der Waals surface area contributed by atoms with Gasteiger partial charge in [-0.15, -0.1) is 0 Å². The SMILES string of the molecule is COc1ccc(Cl)cc1CC(NN)c1ccc(C)cc1Br. The summed E-state index contributed by atoms with van der Waals surface area (Å²) in [5.74, 6) is 6.55. The zero-order valence-electron chi connectivity index (χ0n) is 12.0. The van der Waals surface area contributed by atoms with Crippen molar-refractivity contribution in [2.24, 2.45) is 5.84 Å². The molecular formula is C16H18BrClN2O. The second-order valence-electron chi connectivity index (χ2n) is 4.90. The molecule has 0 aliphatic carbocycles. The van der Waals surface area contributed by atoms with Gasteiger partial charge in [-0.3, -0.25) is 11.3 Å². The van der Waals surface area contributed by atoms with E-state index in [1.54, 1.807) is 7.11 Å². The van der Waals surface area contributed by atoms with Gasteiger partial charge in [0.15, 0.2) is 0 Å². The second-order valence-corrected chi connectivity index (χ2v) is 6.20. The van der Waals surface area contributed by atoms with Crippen molar-refractivity contribution in [1.29, 1.82) is 0 Å². The van der Waals surface area contributed by atoms with Crippen LogP contribution in [0.1, 0.15) is 22.7 Å². The minimum absolute atomic E-state index is 0.0349. The molecule has 21 heavy (non-hydrogen) atoms. The largest absolute Gasteiger partial charge is 0.496 e. The van der Waals surface area contributed by atoms with E-state index in [1.165, 1.54) is 5.56 Å². The highest BCUT2D eigenvalue weighted by Gasteiger charge is 2.16. The van der Waals surface area contributed by atoms with Crippen LogP contribution in [0.5, 0.6) is 5.75 Å². The molecule has 0 aliphatic rings. The molecule has 112 valence electrons. The summed E-state index contributed by atoms with van der Waals surface area (Å²) >= 11 is 9.68. The molecule has 0 spiro atoms. The van der Waals surface area contributed by atoms with Gasteiger partial charge >= 0.3 is 0 Å². The van der Waals surface area contributed by atoms with E-state index < -0.39 is 0 Å². The van der Waals surface area contributed by atoms with E-state index in [9.17, 15) is 0 Å². The molecule has 0 aliphatic heterocycles. The van der Waals surface area contributed by atoms with Crippen LogP contribution >= 0.6 is 27.5 Å². The summed E-state index contributed by atoms with van der Waals surface area (Å²) in [7, 11) is 1.65. The average Bonchev–Trinajstić information content (AvgIpc) is 2.45. The number of ether oxygens (including phenoxy) is 1. The number of hydrazine groups is 1. The molecule has 0 heterocycles. The Labute approximate surface area is 138 Å². The summed E-state index contributed by atoms with van der Waals surface area (Å²) in [6.07, 6.45) is 0.682. The van der Waals surface area contributed by atoms with Crippen molar-refractivity contribution < 1.29 is 4.74 Å². The van der Waals surface area contributed by atoms with Crippen LogP contribution in [0.4, 0.5) is 0 Å². The summed E-state index contributed by atoms with van der Waals surface area (Å²) in [5.41, 5.74) is 6.18. The Morgan fingerprint density at radius 3 is 2.67 bits per heavy atom. The van der Waals surface area contributed by atoms with Gasteiger partial charge in [-0.1, -0.05) is 39.7 Å². The number of benzene rings is 2. The summed E-state index contributed by atoms with van der Waals surface area (Å²) in [4.78, 5) is 0. The minimum atomic E-state index is -0.0349. The fourth-order valence-electron chi connectivity index (χ4n) is 2.30. The Balaban J connectivity index is 2.33. The first-order valence-corrected chi connectivity index (χ1v) is 7.77. The van der Waals surface area contributed by atoms with Gasteiger partial charge in [0.2, 0.25) is 0 Å². The lowest BCUT2D eigenvalue weighted by molar-refractivity contribution is 0.405. The highest BCUT2D eigenvalue weighted by atomic mass is 79.9. The maximum Gasteiger partial charge on any atom is 0.122 e. The molecule has 2 rings (SSSR count). The molecule has 5 heteroatoms. The number of rotatable bonds is 5. The van der Waals surface area contributed by atoms with Crippen molar-refractivity contribution >= 4 is 27.5 Å². The fraction of sp³-hybridized carbons (Fsp3) is 0.250. The molecule has 2 aromatic rings. The average molecular weight is 370 g/mol. The number of nitrogens with one attached hydrogen (secondary N) is 1. The molecule has 1 atom stereocenters. The van der Waals surface area contributed by atoms with E-state index in [0.717, 1.165) is 21.3 Å². The molecule has 0 bridgehead atoms. The van der Waals surface area contributed by atoms with Crippen LogP contribution in [0.25, 0.3) is 0 Å². The quantitative estimate of drug-likeness (QED) is 0.614. The van der Waals surface area contributed by atoms with Gasteiger partial charge in [0.25, 0.3) is 0 Å². The predicted molar refractivity (Wildman–Crippen MR) is 90.7 cm³/mol. The lowest BCUT2D eigenvalue weighted by Crippen LogP contribution is -2.30. The Bertz CT molecular complexity index is 634. The molecule has 0 aromatic heterocycles. The summed E-state index contributed by atoms with van der Waals surface area (Å²) in [5, 5.41) is 0.685. The summed E-state index contributed by atoms with van der Waals surface area (Å²) < 4.78 is 6.43. The van der Waals surface area contributed by atoms with Crippen LogP contribution in [0.2, 0.25) is 5.02 Å². The molecule has 0 saturated heterocycles. The van der Waals surface area contributed by atoms with Crippen LogP contribution in [0, 0.1) is 6.92 Å². The van der Waals surface area contributed by atoms with Crippen LogP contribution in [0.15, 0.2) is 40.9 Å². The van der Waals surface area contributed by atoms with Crippen molar-refractivity contribution in [1.82, 2.24) is 5.43 Å². The molecule has 2 aromatic carbocycles. The van der Waals surface area contributed by atoms with Crippen molar-refractivity contribution in [2.45, 2.75) is 19.4 Å². The van der Waals surface area contributed by atoms with Crippen molar-refractivity contribution in [2.75, 3.05) is 7.11 Å². The molecule has 0 radical (unpaired) electrons. The zero-order valence-corrected chi connectivity index (χ0v) is 14.3. The Hall–Kier alpha value is -1.07. The molecule has 0 fully saturated rings. The molecule has 3 nitrogen and oxygen atoms in total. The van der Waals surface area contributed by atoms with Crippen molar-refractivity contribution in [3.63, 3.8) is 0 Å². The predicted octanol–water partition coefficient (Wildman–Crippen LogP) is 4.17. The van der Waals surface area contributed by atoms with Crippen LogP contribution in [-0.4, -0.2) is 7.11 Å². The second kappa shape index (κ2) is 7.27. The Morgan fingerprint density at radius 1 is 1.29 bits per heavy atom. The normalized spacial score (nSPS) is 12.2. The van der Waals surface area contributed by atoms with Gasteiger partial charge in [0.1, 0.15) is 5.75 Å². The van der Waals surface area contributed by atoms with Gasteiger partial charge in [-0.25, -0.2) is 0 Å². The summed E-state index contributed by atoms with van der Waals surface area (Å²) in [6.45, 7) is 2.05. The number of nitrogens with two attached hydrogens (primary N) is 1. The van der Waals surface area contributed by atoms with Crippen molar-refractivity contribution in [3.05, 3.63) is 62.6 Å². The third-order valence-corrected chi connectivity index (χ3v) is 4.32. The number of hydrogen-bond donors (Lipinski definition) is 2. The highest BCUT2D eigenvalue weighted by Crippen LogP contribution is 2.31. The zero-order chi connectivity index (χ0) is 15.4. The molecule has 0 saturated carbocycles. The lowest BCUT2D eigenvalue weighted by Gasteiger charge is -2.20. The Kier molecular flexibility index (Phi) is 5.65. The summed E-state index contributed by atoms with van der Waals surface area (Å²) in [6, 6.07) is 11.8. The van der Waals surface area contributed by atoms with Crippen molar-refractivity contribution in [3.8, 4) is 5.75 Å². The highest BCUT2D eigenvalue weighted by molar-refractivity contribution is 9.10. The van der Waals surface area contributed by atoms with Gasteiger partial charge in [0, 0.05) is 9.50 Å². The van der Waals surface area contributed by atoms with E-state index in [1.807, 2.05) is 18.2 Å². The van der Waals surface area contributed by atoms with E-state index >= 15 is 0 Å². The molecule has 3 N–H and O–H groups in total. The monoisotopic (exact) mass is 368 g/mol. The van der Waals surface area contributed by atoms with Gasteiger partial charge in [0.05, 0.1) is 13.2 Å². The smallest absolute Gasteiger partial charge is 0.122 e. The number of aryl methyl sites for hydroxylation is 1. The first-order valence-electron chi connectivity index (χ1n) is 6.59. The third-order valence-electron chi connectivity index (χ3n) is 3.40. The van der Waals surface area contributed by atoms with Crippen LogP contribution in [0.3, 0.4) is 0 Å².